The molecule has 0 saturated carbocycles. The lowest BCUT2D eigenvalue weighted by atomic mass is 10.1. The summed E-state index contributed by atoms with van der Waals surface area (Å²) in [6.45, 7) is 7.68. The Morgan fingerprint density at radius 1 is 1.53 bits per heavy atom. The highest BCUT2D eigenvalue weighted by Gasteiger charge is 2.06. The summed E-state index contributed by atoms with van der Waals surface area (Å²) in [5.74, 6) is 0. The van der Waals surface area contributed by atoms with Gasteiger partial charge >= 0.3 is 0 Å². The van der Waals surface area contributed by atoms with Crippen LogP contribution < -0.4 is 5.32 Å². The van der Waals surface area contributed by atoms with Crippen LogP contribution in [0, 0.1) is 0 Å². The third kappa shape index (κ3) is 4.01. The molecule has 2 unspecified atom stereocenters. The number of aliphatic hydroxyl groups is 1. The molecule has 0 aromatic carbocycles. The summed E-state index contributed by atoms with van der Waals surface area (Å²) in [5.41, 5.74) is 1.19. The standard InChI is InChI=1S/C11H21N3O/c1-4-14-11(5-6-13-14)8-12-9(2)7-10(3)15/h5-6,9-10,12,15H,4,7-8H2,1-3H3. The van der Waals surface area contributed by atoms with Crippen LogP contribution in [0.3, 0.4) is 0 Å². The van der Waals surface area contributed by atoms with E-state index in [1.165, 1.54) is 5.69 Å². The van der Waals surface area contributed by atoms with Crippen LogP contribution in [0.25, 0.3) is 0 Å². The molecule has 0 aliphatic heterocycles. The van der Waals surface area contributed by atoms with Crippen molar-refractivity contribution in [1.29, 1.82) is 0 Å². The van der Waals surface area contributed by atoms with Crippen LogP contribution in [-0.4, -0.2) is 27.0 Å². The van der Waals surface area contributed by atoms with Crippen molar-refractivity contribution in [2.45, 2.75) is 52.4 Å². The molecule has 86 valence electrons. The van der Waals surface area contributed by atoms with Crippen molar-refractivity contribution in [2.75, 3.05) is 0 Å². The van der Waals surface area contributed by atoms with Crippen molar-refractivity contribution in [3.8, 4) is 0 Å². The van der Waals surface area contributed by atoms with Crippen LogP contribution in [0.5, 0.6) is 0 Å². The van der Waals surface area contributed by atoms with Gasteiger partial charge in [0.15, 0.2) is 0 Å². The molecule has 2 N–H and O–H groups in total. The molecule has 0 spiro atoms. The number of rotatable bonds is 6. The van der Waals surface area contributed by atoms with Gasteiger partial charge in [-0.1, -0.05) is 0 Å². The molecule has 1 rings (SSSR count). The van der Waals surface area contributed by atoms with Gasteiger partial charge in [0.1, 0.15) is 0 Å². The molecule has 15 heavy (non-hydrogen) atoms. The molecule has 0 radical (unpaired) electrons. The lowest BCUT2D eigenvalue weighted by Crippen LogP contribution is -2.29. The molecule has 0 amide bonds. The maximum Gasteiger partial charge on any atom is 0.0526 e. The molecule has 2 atom stereocenters. The summed E-state index contributed by atoms with van der Waals surface area (Å²) >= 11 is 0. The van der Waals surface area contributed by atoms with E-state index in [0.29, 0.717) is 6.04 Å². The fourth-order valence-electron chi connectivity index (χ4n) is 1.67. The Bertz CT molecular complexity index is 283. The Morgan fingerprint density at radius 3 is 2.87 bits per heavy atom. The first-order chi connectivity index (χ1) is 7.13. The van der Waals surface area contributed by atoms with E-state index >= 15 is 0 Å². The Labute approximate surface area is 91.3 Å². The van der Waals surface area contributed by atoms with E-state index in [-0.39, 0.29) is 6.10 Å². The number of aryl methyl sites for hydroxylation is 1. The summed E-state index contributed by atoms with van der Waals surface area (Å²) in [6.07, 6.45) is 2.35. The second-order valence-corrected chi connectivity index (χ2v) is 4.00. The van der Waals surface area contributed by atoms with Crippen molar-refractivity contribution in [2.24, 2.45) is 0 Å². The van der Waals surface area contributed by atoms with Crippen LogP contribution in [0.4, 0.5) is 0 Å². The lowest BCUT2D eigenvalue weighted by Gasteiger charge is -2.15. The third-order valence-corrected chi connectivity index (χ3v) is 2.43. The van der Waals surface area contributed by atoms with E-state index in [1.54, 1.807) is 0 Å². The zero-order chi connectivity index (χ0) is 11.3. The number of aromatic nitrogens is 2. The van der Waals surface area contributed by atoms with Crippen LogP contribution in [-0.2, 0) is 13.1 Å². The molecule has 0 saturated heterocycles. The van der Waals surface area contributed by atoms with E-state index in [4.69, 9.17) is 0 Å². The first-order valence-electron chi connectivity index (χ1n) is 5.55. The fourth-order valence-corrected chi connectivity index (χ4v) is 1.67. The largest absolute Gasteiger partial charge is 0.393 e. The van der Waals surface area contributed by atoms with Gasteiger partial charge in [-0.25, -0.2) is 0 Å². The van der Waals surface area contributed by atoms with Crippen molar-refractivity contribution >= 4 is 0 Å². The Morgan fingerprint density at radius 2 is 2.27 bits per heavy atom. The molecule has 0 aliphatic carbocycles. The summed E-state index contributed by atoms with van der Waals surface area (Å²) in [4.78, 5) is 0. The summed E-state index contributed by atoms with van der Waals surface area (Å²) in [6, 6.07) is 2.34. The highest BCUT2D eigenvalue weighted by molar-refractivity contribution is 5.00. The summed E-state index contributed by atoms with van der Waals surface area (Å²) in [5, 5.41) is 16.8. The van der Waals surface area contributed by atoms with Gasteiger partial charge < -0.3 is 10.4 Å². The minimum absolute atomic E-state index is 0.247. The second-order valence-electron chi connectivity index (χ2n) is 4.00. The normalized spacial score (nSPS) is 15.2. The molecule has 0 fully saturated rings. The van der Waals surface area contributed by atoms with Gasteiger partial charge in [-0.05, 0) is 33.3 Å². The van der Waals surface area contributed by atoms with Gasteiger partial charge in [0.05, 0.1) is 11.8 Å². The molecular weight excluding hydrogens is 190 g/mol. The van der Waals surface area contributed by atoms with Crippen molar-refractivity contribution in [3.05, 3.63) is 18.0 Å². The van der Waals surface area contributed by atoms with Crippen molar-refractivity contribution < 1.29 is 5.11 Å². The molecule has 1 heterocycles. The van der Waals surface area contributed by atoms with Gasteiger partial charge in [0.25, 0.3) is 0 Å². The zero-order valence-corrected chi connectivity index (χ0v) is 9.77. The van der Waals surface area contributed by atoms with E-state index < -0.39 is 0 Å². The first-order valence-corrected chi connectivity index (χ1v) is 5.55. The molecule has 4 nitrogen and oxygen atoms in total. The summed E-state index contributed by atoms with van der Waals surface area (Å²) in [7, 11) is 0. The van der Waals surface area contributed by atoms with E-state index in [2.05, 4.69) is 24.3 Å². The Hall–Kier alpha value is -0.870. The third-order valence-electron chi connectivity index (χ3n) is 2.43. The van der Waals surface area contributed by atoms with Gasteiger partial charge in [-0.3, -0.25) is 4.68 Å². The predicted molar refractivity (Wildman–Crippen MR) is 60.5 cm³/mol. The average molecular weight is 211 g/mol. The summed E-state index contributed by atoms with van der Waals surface area (Å²) < 4.78 is 1.97. The quantitative estimate of drug-likeness (QED) is 0.742. The Kier molecular flexibility index (Phi) is 4.78. The minimum Gasteiger partial charge on any atom is -0.393 e. The number of nitrogens with zero attached hydrogens (tertiary/aromatic N) is 2. The van der Waals surface area contributed by atoms with Gasteiger partial charge in [-0.15, -0.1) is 0 Å². The number of hydrogen-bond acceptors (Lipinski definition) is 3. The highest BCUT2D eigenvalue weighted by atomic mass is 16.3. The lowest BCUT2D eigenvalue weighted by molar-refractivity contribution is 0.170. The smallest absolute Gasteiger partial charge is 0.0526 e. The minimum atomic E-state index is -0.247. The molecule has 0 bridgehead atoms. The molecule has 4 heteroatoms. The number of aliphatic hydroxyl groups excluding tert-OH is 1. The second kappa shape index (κ2) is 5.88. The highest BCUT2D eigenvalue weighted by Crippen LogP contribution is 2.01. The maximum absolute atomic E-state index is 9.22. The van der Waals surface area contributed by atoms with Crippen molar-refractivity contribution in [3.63, 3.8) is 0 Å². The SMILES string of the molecule is CCn1nccc1CNC(C)CC(C)O. The van der Waals surface area contributed by atoms with Crippen LogP contribution >= 0.6 is 0 Å². The fraction of sp³-hybridized carbons (Fsp3) is 0.727. The predicted octanol–water partition coefficient (Wildman–Crippen LogP) is 1.15. The van der Waals surface area contributed by atoms with E-state index in [0.717, 1.165) is 19.5 Å². The molecule has 1 aromatic rings. The van der Waals surface area contributed by atoms with Crippen LogP contribution in [0.15, 0.2) is 12.3 Å². The molecule has 1 aromatic heterocycles. The van der Waals surface area contributed by atoms with Crippen molar-refractivity contribution in [1.82, 2.24) is 15.1 Å². The zero-order valence-electron chi connectivity index (χ0n) is 9.77. The van der Waals surface area contributed by atoms with Gasteiger partial charge in [-0.2, -0.15) is 5.10 Å². The Balaban J connectivity index is 2.36. The monoisotopic (exact) mass is 211 g/mol. The first kappa shape index (κ1) is 12.2. The maximum atomic E-state index is 9.22. The number of hydrogen-bond donors (Lipinski definition) is 2. The topological polar surface area (TPSA) is 50.1 Å². The average Bonchev–Trinajstić information content (AvgIpc) is 2.60. The molecule has 0 aliphatic rings. The van der Waals surface area contributed by atoms with E-state index in [9.17, 15) is 5.11 Å². The van der Waals surface area contributed by atoms with Crippen LogP contribution in [0.1, 0.15) is 32.9 Å². The van der Waals surface area contributed by atoms with E-state index in [1.807, 2.05) is 23.9 Å². The number of nitrogens with one attached hydrogen (secondary N) is 1. The molecular formula is C11H21N3O. The van der Waals surface area contributed by atoms with Crippen LogP contribution in [0.2, 0.25) is 0 Å². The van der Waals surface area contributed by atoms with Gasteiger partial charge in [0.2, 0.25) is 0 Å². The van der Waals surface area contributed by atoms with Gasteiger partial charge in [0, 0.05) is 25.3 Å².